The standard InChI is InChI=1S/C16H24N2O4/c1-3-21-16(19)11-22-13-4-5-15(14(17)10-13)18-8-6-12(20-2)7-9-18/h4-5,10,12H,3,6-9,11,17H2,1-2H3. The zero-order valence-electron chi connectivity index (χ0n) is 13.2. The Bertz CT molecular complexity index is 499. The number of hydrogen-bond donors (Lipinski definition) is 1. The van der Waals surface area contributed by atoms with Gasteiger partial charge in [0.15, 0.2) is 6.61 Å². The predicted octanol–water partition coefficient (Wildman–Crippen LogP) is 1.83. The molecule has 1 aliphatic heterocycles. The number of carbonyl (C=O) groups excluding carboxylic acids is 1. The molecule has 2 N–H and O–H groups in total. The van der Waals surface area contributed by atoms with Gasteiger partial charge in [0.25, 0.3) is 0 Å². The number of ether oxygens (including phenoxy) is 3. The number of methoxy groups -OCH3 is 1. The molecule has 0 unspecified atom stereocenters. The highest BCUT2D eigenvalue weighted by Gasteiger charge is 2.20. The molecule has 1 saturated heterocycles. The lowest BCUT2D eigenvalue weighted by Gasteiger charge is -2.33. The van der Waals surface area contributed by atoms with Crippen molar-refractivity contribution in [2.24, 2.45) is 0 Å². The number of benzene rings is 1. The van der Waals surface area contributed by atoms with Crippen LogP contribution in [0.1, 0.15) is 19.8 Å². The normalized spacial score (nSPS) is 15.6. The van der Waals surface area contributed by atoms with Gasteiger partial charge >= 0.3 is 5.97 Å². The van der Waals surface area contributed by atoms with Crippen LogP contribution in [-0.2, 0) is 14.3 Å². The van der Waals surface area contributed by atoms with Crippen molar-refractivity contribution in [2.45, 2.75) is 25.9 Å². The molecule has 0 aromatic heterocycles. The fraction of sp³-hybridized carbons (Fsp3) is 0.562. The van der Waals surface area contributed by atoms with E-state index in [0.29, 0.717) is 24.1 Å². The molecule has 1 aliphatic rings. The lowest BCUT2D eigenvalue weighted by molar-refractivity contribution is -0.145. The van der Waals surface area contributed by atoms with Gasteiger partial charge in [-0.05, 0) is 31.9 Å². The van der Waals surface area contributed by atoms with Crippen LogP contribution < -0.4 is 15.4 Å². The van der Waals surface area contributed by atoms with Crippen molar-refractivity contribution in [1.29, 1.82) is 0 Å². The van der Waals surface area contributed by atoms with Crippen LogP contribution in [-0.4, -0.2) is 45.5 Å². The Hall–Kier alpha value is -1.95. The second-order valence-corrected chi connectivity index (χ2v) is 5.24. The number of nitrogen functional groups attached to an aromatic ring is 1. The fourth-order valence-electron chi connectivity index (χ4n) is 2.59. The van der Waals surface area contributed by atoms with Crippen LogP contribution in [0.3, 0.4) is 0 Å². The number of nitrogens with zero attached hydrogens (tertiary/aromatic N) is 1. The molecule has 0 bridgehead atoms. The molecule has 0 aliphatic carbocycles. The van der Waals surface area contributed by atoms with Crippen LogP contribution in [0, 0.1) is 0 Å². The van der Waals surface area contributed by atoms with Gasteiger partial charge in [-0.25, -0.2) is 4.79 Å². The second-order valence-electron chi connectivity index (χ2n) is 5.24. The van der Waals surface area contributed by atoms with Crippen molar-refractivity contribution in [3.8, 4) is 5.75 Å². The SMILES string of the molecule is CCOC(=O)COc1ccc(N2CCC(OC)CC2)c(N)c1. The van der Waals surface area contributed by atoms with E-state index < -0.39 is 0 Å². The summed E-state index contributed by atoms with van der Waals surface area (Å²) in [5, 5.41) is 0. The molecule has 122 valence electrons. The number of hydrogen-bond acceptors (Lipinski definition) is 6. The summed E-state index contributed by atoms with van der Waals surface area (Å²) in [5.41, 5.74) is 7.76. The van der Waals surface area contributed by atoms with E-state index in [1.165, 1.54) is 0 Å². The Labute approximate surface area is 131 Å². The van der Waals surface area contributed by atoms with Gasteiger partial charge in [-0.1, -0.05) is 0 Å². The molecular formula is C16H24N2O4. The van der Waals surface area contributed by atoms with E-state index in [0.717, 1.165) is 31.6 Å². The fourth-order valence-corrected chi connectivity index (χ4v) is 2.59. The van der Waals surface area contributed by atoms with Gasteiger partial charge in [0.2, 0.25) is 0 Å². The summed E-state index contributed by atoms with van der Waals surface area (Å²) < 4.78 is 15.6. The number of carbonyl (C=O) groups is 1. The maximum atomic E-state index is 11.3. The van der Waals surface area contributed by atoms with Crippen molar-refractivity contribution in [3.63, 3.8) is 0 Å². The van der Waals surface area contributed by atoms with Crippen molar-refractivity contribution in [2.75, 3.05) is 44.0 Å². The van der Waals surface area contributed by atoms with Gasteiger partial charge in [-0.2, -0.15) is 0 Å². The third-order valence-corrected chi connectivity index (χ3v) is 3.78. The summed E-state index contributed by atoms with van der Waals surface area (Å²) in [6, 6.07) is 5.51. The molecule has 0 atom stereocenters. The van der Waals surface area contributed by atoms with Crippen molar-refractivity contribution in [1.82, 2.24) is 0 Å². The molecule has 0 amide bonds. The number of rotatable bonds is 6. The molecule has 1 aromatic carbocycles. The molecule has 0 radical (unpaired) electrons. The van der Waals surface area contributed by atoms with Gasteiger partial charge in [0.1, 0.15) is 5.75 Å². The Morgan fingerprint density at radius 1 is 1.36 bits per heavy atom. The van der Waals surface area contributed by atoms with E-state index >= 15 is 0 Å². The zero-order valence-corrected chi connectivity index (χ0v) is 13.2. The topological polar surface area (TPSA) is 74.0 Å². The van der Waals surface area contributed by atoms with E-state index in [1.54, 1.807) is 20.1 Å². The van der Waals surface area contributed by atoms with E-state index in [1.807, 2.05) is 12.1 Å². The highest BCUT2D eigenvalue weighted by atomic mass is 16.6. The van der Waals surface area contributed by atoms with Crippen LogP contribution >= 0.6 is 0 Å². The number of anilines is 2. The first-order valence-electron chi connectivity index (χ1n) is 7.59. The maximum absolute atomic E-state index is 11.3. The summed E-state index contributed by atoms with van der Waals surface area (Å²) in [6.07, 6.45) is 2.33. The zero-order chi connectivity index (χ0) is 15.9. The van der Waals surface area contributed by atoms with E-state index in [9.17, 15) is 4.79 Å². The lowest BCUT2D eigenvalue weighted by Crippen LogP contribution is -2.37. The first-order valence-corrected chi connectivity index (χ1v) is 7.59. The van der Waals surface area contributed by atoms with Crippen LogP contribution in [0.5, 0.6) is 5.75 Å². The van der Waals surface area contributed by atoms with Crippen molar-refractivity contribution < 1.29 is 19.0 Å². The van der Waals surface area contributed by atoms with Crippen LogP contribution in [0.25, 0.3) is 0 Å². The molecule has 1 fully saturated rings. The Kier molecular flexibility index (Phi) is 5.89. The molecule has 1 aromatic rings. The van der Waals surface area contributed by atoms with Crippen LogP contribution in [0.15, 0.2) is 18.2 Å². The van der Waals surface area contributed by atoms with Gasteiger partial charge in [-0.3, -0.25) is 0 Å². The van der Waals surface area contributed by atoms with Crippen molar-refractivity contribution >= 4 is 17.3 Å². The van der Waals surface area contributed by atoms with Gasteiger partial charge in [-0.15, -0.1) is 0 Å². The molecule has 2 rings (SSSR count). The Morgan fingerprint density at radius 2 is 2.09 bits per heavy atom. The highest BCUT2D eigenvalue weighted by Crippen LogP contribution is 2.30. The quantitative estimate of drug-likeness (QED) is 0.638. The summed E-state index contributed by atoms with van der Waals surface area (Å²) >= 11 is 0. The molecule has 0 saturated carbocycles. The summed E-state index contributed by atoms with van der Waals surface area (Å²) in [5.74, 6) is 0.188. The summed E-state index contributed by atoms with van der Waals surface area (Å²) in [6.45, 7) is 3.85. The van der Waals surface area contributed by atoms with Gasteiger partial charge in [0, 0.05) is 26.3 Å². The maximum Gasteiger partial charge on any atom is 0.344 e. The smallest absolute Gasteiger partial charge is 0.344 e. The first kappa shape index (κ1) is 16.4. The van der Waals surface area contributed by atoms with E-state index in [4.69, 9.17) is 19.9 Å². The van der Waals surface area contributed by atoms with Crippen LogP contribution in [0.2, 0.25) is 0 Å². The Morgan fingerprint density at radius 3 is 2.68 bits per heavy atom. The molecular weight excluding hydrogens is 284 g/mol. The highest BCUT2D eigenvalue weighted by molar-refractivity contribution is 5.72. The molecule has 0 spiro atoms. The minimum Gasteiger partial charge on any atom is -0.482 e. The molecule has 1 heterocycles. The van der Waals surface area contributed by atoms with Crippen LogP contribution in [0.4, 0.5) is 11.4 Å². The average molecular weight is 308 g/mol. The van der Waals surface area contributed by atoms with E-state index in [-0.39, 0.29) is 12.6 Å². The summed E-state index contributed by atoms with van der Waals surface area (Å²) in [4.78, 5) is 13.5. The molecule has 22 heavy (non-hydrogen) atoms. The predicted molar refractivity (Wildman–Crippen MR) is 85.2 cm³/mol. The first-order chi connectivity index (χ1) is 10.6. The minimum atomic E-state index is -0.383. The second kappa shape index (κ2) is 7.89. The summed E-state index contributed by atoms with van der Waals surface area (Å²) in [7, 11) is 1.75. The Balaban J connectivity index is 1.93. The molecule has 6 heteroatoms. The lowest BCUT2D eigenvalue weighted by atomic mass is 10.1. The minimum absolute atomic E-state index is 0.105. The van der Waals surface area contributed by atoms with Crippen molar-refractivity contribution in [3.05, 3.63) is 18.2 Å². The largest absolute Gasteiger partial charge is 0.482 e. The number of esters is 1. The molecule has 6 nitrogen and oxygen atoms in total. The van der Waals surface area contributed by atoms with Gasteiger partial charge < -0.3 is 24.8 Å². The average Bonchev–Trinajstić information content (AvgIpc) is 2.53. The van der Waals surface area contributed by atoms with E-state index in [2.05, 4.69) is 4.90 Å². The third kappa shape index (κ3) is 4.27. The number of nitrogens with two attached hydrogens (primary N) is 1. The monoisotopic (exact) mass is 308 g/mol. The van der Waals surface area contributed by atoms with Gasteiger partial charge in [0.05, 0.1) is 24.1 Å². The number of piperidine rings is 1. The third-order valence-electron chi connectivity index (χ3n) is 3.78.